The zero-order valence-electron chi connectivity index (χ0n) is 25.8. The monoisotopic (exact) mass is 624 g/mol. The summed E-state index contributed by atoms with van der Waals surface area (Å²) >= 11 is 0. The van der Waals surface area contributed by atoms with E-state index in [1.165, 1.54) is 24.3 Å². The molecule has 9 nitrogen and oxygen atoms in total. The number of H-pyrrole nitrogens is 1. The first-order chi connectivity index (χ1) is 22.1. The van der Waals surface area contributed by atoms with Crippen molar-refractivity contribution in [2.45, 2.75) is 45.8 Å². The smallest absolute Gasteiger partial charge is 0.410 e. The second kappa shape index (κ2) is 12.7. The van der Waals surface area contributed by atoms with E-state index in [9.17, 15) is 18.4 Å². The molecule has 1 saturated heterocycles. The van der Waals surface area contributed by atoms with Gasteiger partial charge in [0.1, 0.15) is 17.2 Å². The van der Waals surface area contributed by atoms with Gasteiger partial charge in [0.2, 0.25) is 5.91 Å². The molecule has 2 amide bonds. The van der Waals surface area contributed by atoms with Crippen LogP contribution in [0.2, 0.25) is 0 Å². The van der Waals surface area contributed by atoms with Crippen LogP contribution in [0.1, 0.15) is 39.3 Å². The highest BCUT2D eigenvalue weighted by Gasteiger charge is 2.30. The normalized spacial score (nSPS) is 14.0. The molecule has 0 atom stereocenters. The number of hydrogen-bond acceptors (Lipinski definition) is 6. The summed E-state index contributed by atoms with van der Waals surface area (Å²) in [6.07, 6.45) is 4.00. The minimum Gasteiger partial charge on any atom is -0.444 e. The molecule has 2 aromatic carbocycles. The molecular weight excluding hydrogens is 590 g/mol. The van der Waals surface area contributed by atoms with Gasteiger partial charge in [-0.05, 0) is 93.3 Å². The summed E-state index contributed by atoms with van der Waals surface area (Å²) in [7, 11) is 0. The Labute approximate surface area is 265 Å². The molecule has 0 radical (unpaired) electrons. The first-order valence-electron chi connectivity index (χ1n) is 15.2. The minimum absolute atomic E-state index is 0.118. The Hall–Kier alpha value is -5.19. The fraction of sp³-hybridized carbons (Fsp3) is 0.286. The van der Waals surface area contributed by atoms with Gasteiger partial charge in [0.05, 0.1) is 23.3 Å². The van der Waals surface area contributed by atoms with Gasteiger partial charge in [0, 0.05) is 48.1 Å². The maximum absolute atomic E-state index is 14.1. The van der Waals surface area contributed by atoms with Crippen molar-refractivity contribution in [1.29, 1.82) is 0 Å². The third-order valence-electron chi connectivity index (χ3n) is 7.95. The van der Waals surface area contributed by atoms with Crippen molar-refractivity contribution in [3.05, 3.63) is 90.4 Å². The van der Waals surface area contributed by atoms with Crippen LogP contribution in [-0.4, -0.2) is 55.8 Å². The molecule has 1 fully saturated rings. The van der Waals surface area contributed by atoms with Gasteiger partial charge < -0.3 is 15.0 Å². The van der Waals surface area contributed by atoms with E-state index in [-0.39, 0.29) is 36.1 Å². The number of nitrogens with one attached hydrogen (secondary N) is 2. The average molecular weight is 625 g/mol. The summed E-state index contributed by atoms with van der Waals surface area (Å²) in [6, 6.07) is 15.9. The van der Waals surface area contributed by atoms with Crippen molar-refractivity contribution in [2.24, 2.45) is 5.92 Å². The maximum atomic E-state index is 14.1. The number of nitrogens with zero attached hydrogens (tertiary/aromatic N) is 4. The van der Waals surface area contributed by atoms with Gasteiger partial charge in [-0.25, -0.2) is 18.6 Å². The lowest BCUT2D eigenvalue weighted by molar-refractivity contribution is -0.126. The number of ether oxygens (including phenoxy) is 1. The first-order valence-corrected chi connectivity index (χ1v) is 15.2. The summed E-state index contributed by atoms with van der Waals surface area (Å²) in [4.78, 5) is 36.5. The third kappa shape index (κ3) is 6.58. The number of pyridine rings is 2. The van der Waals surface area contributed by atoms with Crippen LogP contribution in [0.15, 0.2) is 73.1 Å². The van der Waals surface area contributed by atoms with E-state index in [0.717, 1.165) is 16.7 Å². The highest BCUT2D eigenvalue weighted by Crippen LogP contribution is 2.43. The van der Waals surface area contributed by atoms with Gasteiger partial charge in [0.25, 0.3) is 0 Å². The predicted molar refractivity (Wildman–Crippen MR) is 170 cm³/mol. The van der Waals surface area contributed by atoms with Crippen molar-refractivity contribution >= 4 is 23.0 Å². The maximum Gasteiger partial charge on any atom is 0.410 e. The SMILES string of the molecule is CC(C)(C)OC(=O)N1CCC(C(=O)NCc2n[nH]c3nc(-c4ccc(F)cc4)c(-c4ccncc4)c(-c4ccc(F)cc4)c23)CC1. The molecule has 0 saturated carbocycles. The lowest BCUT2D eigenvalue weighted by Crippen LogP contribution is -2.44. The number of hydrogen-bond donors (Lipinski definition) is 2. The molecule has 0 aliphatic carbocycles. The molecular formula is C35H34F2N6O3. The Balaban J connectivity index is 1.35. The van der Waals surface area contributed by atoms with Gasteiger partial charge in [-0.15, -0.1) is 0 Å². The van der Waals surface area contributed by atoms with Crippen molar-refractivity contribution in [2.75, 3.05) is 13.1 Å². The molecule has 4 heterocycles. The van der Waals surface area contributed by atoms with Crippen molar-refractivity contribution in [1.82, 2.24) is 30.4 Å². The molecule has 1 aliphatic rings. The van der Waals surface area contributed by atoms with Crippen LogP contribution >= 0.6 is 0 Å². The lowest BCUT2D eigenvalue weighted by Gasteiger charge is -2.32. The van der Waals surface area contributed by atoms with Gasteiger partial charge >= 0.3 is 6.09 Å². The van der Waals surface area contributed by atoms with Gasteiger partial charge in [-0.3, -0.25) is 14.9 Å². The number of benzene rings is 2. The number of carbonyl (C=O) groups excluding carboxylic acids is 2. The second-order valence-electron chi connectivity index (χ2n) is 12.3. The summed E-state index contributed by atoms with van der Waals surface area (Å²) in [5, 5.41) is 11.3. The van der Waals surface area contributed by atoms with Crippen LogP contribution in [0.4, 0.5) is 13.6 Å². The van der Waals surface area contributed by atoms with Gasteiger partial charge in [0.15, 0.2) is 5.65 Å². The van der Waals surface area contributed by atoms with E-state index in [1.807, 2.05) is 32.9 Å². The lowest BCUT2D eigenvalue weighted by atomic mass is 9.89. The van der Waals surface area contributed by atoms with E-state index < -0.39 is 5.60 Å². The van der Waals surface area contributed by atoms with Crippen molar-refractivity contribution < 1.29 is 23.1 Å². The Kier molecular flexibility index (Phi) is 8.48. The van der Waals surface area contributed by atoms with Crippen LogP contribution in [0.3, 0.4) is 0 Å². The van der Waals surface area contributed by atoms with Gasteiger partial charge in [-0.1, -0.05) is 12.1 Å². The Morgan fingerprint density at radius 1 is 0.891 bits per heavy atom. The molecule has 6 rings (SSSR count). The predicted octanol–water partition coefficient (Wildman–Crippen LogP) is 6.90. The number of rotatable bonds is 6. The van der Waals surface area contributed by atoms with E-state index in [0.29, 0.717) is 59.5 Å². The molecule has 3 aromatic heterocycles. The summed E-state index contributed by atoms with van der Waals surface area (Å²) in [5.41, 5.74) is 4.68. The van der Waals surface area contributed by atoms with E-state index >= 15 is 0 Å². The fourth-order valence-corrected chi connectivity index (χ4v) is 5.74. The highest BCUT2D eigenvalue weighted by molar-refractivity contribution is 6.07. The molecule has 11 heteroatoms. The molecule has 0 bridgehead atoms. The average Bonchev–Trinajstić information content (AvgIpc) is 3.46. The van der Waals surface area contributed by atoms with E-state index in [4.69, 9.17) is 9.72 Å². The number of carbonyl (C=O) groups is 2. The van der Waals surface area contributed by atoms with Crippen molar-refractivity contribution in [3.63, 3.8) is 0 Å². The van der Waals surface area contributed by atoms with Crippen LogP contribution in [0.25, 0.3) is 44.5 Å². The fourth-order valence-electron chi connectivity index (χ4n) is 5.74. The Morgan fingerprint density at radius 2 is 1.48 bits per heavy atom. The Morgan fingerprint density at radius 3 is 2.09 bits per heavy atom. The topological polar surface area (TPSA) is 113 Å². The molecule has 1 aliphatic heterocycles. The van der Waals surface area contributed by atoms with E-state index in [1.54, 1.807) is 41.6 Å². The summed E-state index contributed by atoms with van der Waals surface area (Å²) in [5.74, 6) is -1.15. The summed E-state index contributed by atoms with van der Waals surface area (Å²) in [6.45, 7) is 6.45. The van der Waals surface area contributed by atoms with Crippen LogP contribution < -0.4 is 5.32 Å². The largest absolute Gasteiger partial charge is 0.444 e. The number of aromatic amines is 1. The number of aromatic nitrogens is 4. The number of piperidine rings is 1. The standard InChI is InChI=1S/C35H34F2N6O3/c1-35(2,3)46-34(45)43-18-14-24(15-19-43)33(44)39-20-27-30-28(21-4-8-25(36)9-5-21)29(22-12-16-38-17-13-22)31(40-32(30)42-41-27)23-6-10-26(37)11-7-23/h4-13,16-17,24H,14-15,18-20H2,1-3H3,(H,39,44)(H,40,41,42). The zero-order valence-corrected chi connectivity index (χ0v) is 25.8. The van der Waals surface area contributed by atoms with Gasteiger partial charge in [-0.2, -0.15) is 5.10 Å². The quantitative estimate of drug-likeness (QED) is 0.213. The molecule has 46 heavy (non-hydrogen) atoms. The molecule has 0 unspecified atom stereocenters. The molecule has 2 N–H and O–H groups in total. The number of halogens is 2. The number of likely N-dealkylation sites (tertiary alicyclic amines) is 1. The molecule has 236 valence electrons. The second-order valence-corrected chi connectivity index (χ2v) is 12.3. The summed E-state index contributed by atoms with van der Waals surface area (Å²) < 4.78 is 33.5. The number of amides is 2. The van der Waals surface area contributed by atoms with Crippen LogP contribution in [0, 0.1) is 17.6 Å². The van der Waals surface area contributed by atoms with Crippen LogP contribution in [-0.2, 0) is 16.1 Å². The minimum atomic E-state index is -0.587. The number of fused-ring (bicyclic) bond motifs is 1. The third-order valence-corrected chi connectivity index (χ3v) is 7.95. The highest BCUT2D eigenvalue weighted by atomic mass is 19.1. The molecule has 0 spiro atoms. The Bertz CT molecular complexity index is 1860. The van der Waals surface area contributed by atoms with Crippen molar-refractivity contribution in [3.8, 4) is 33.5 Å². The zero-order chi connectivity index (χ0) is 32.4. The first kappa shape index (κ1) is 30.8. The van der Waals surface area contributed by atoms with E-state index in [2.05, 4.69) is 20.5 Å². The van der Waals surface area contributed by atoms with Crippen LogP contribution in [0.5, 0.6) is 0 Å². The molecule has 5 aromatic rings.